The molecule has 1 aromatic carbocycles. The lowest BCUT2D eigenvalue weighted by Crippen LogP contribution is -2.46. The van der Waals surface area contributed by atoms with Crippen LogP contribution in [0.4, 0.5) is 0 Å². The van der Waals surface area contributed by atoms with Crippen LogP contribution >= 0.6 is 0 Å². The molecule has 1 aliphatic rings. The van der Waals surface area contributed by atoms with Crippen molar-refractivity contribution in [3.05, 3.63) is 29.3 Å². The number of nitrogens with zero attached hydrogens (tertiary/aromatic N) is 1. The SMILES string of the molecule is CCCS(=O)(=O)c1ccc(C)cc1C(=O)N1CCNCC1. The summed E-state index contributed by atoms with van der Waals surface area (Å²) in [7, 11) is -3.40. The molecule has 0 spiro atoms. The molecule has 0 aromatic heterocycles. The zero-order chi connectivity index (χ0) is 15.5. The average Bonchev–Trinajstić information content (AvgIpc) is 2.47. The summed E-state index contributed by atoms with van der Waals surface area (Å²) in [5.41, 5.74) is 1.20. The van der Waals surface area contributed by atoms with Gasteiger partial charge >= 0.3 is 0 Å². The highest BCUT2D eigenvalue weighted by Gasteiger charge is 2.26. The van der Waals surface area contributed by atoms with E-state index in [9.17, 15) is 13.2 Å². The molecule has 0 bridgehead atoms. The van der Waals surface area contributed by atoms with Crippen LogP contribution in [0.3, 0.4) is 0 Å². The monoisotopic (exact) mass is 310 g/mol. The fourth-order valence-electron chi connectivity index (χ4n) is 2.50. The fourth-order valence-corrected chi connectivity index (χ4v) is 4.01. The summed E-state index contributed by atoms with van der Waals surface area (Å²) in [5, 5.41) is 3.19. The van der Waals surface area contributed by atoms with Gasteiger partial charge in [-0.05, 0) is 25.5 Å². The highest BCUT2D eigenvalue weighted by Crippen LogP contribution is 2.21. The molecule has 21 heavy (non-hydrogen) atoms. The van der Waals surface area contributed by atoms with Crippen LogP contribution in [0.25, 0.3) is 0 Å². The van der Waals surface area contributed by atoms with Gasteiger partial charge in [-0.2, -0.15) is 0 Å². The quantitative estimate of drug-likeness (QED) is 0.908. The van der Waals surface area contributed by atoms with Gasteiger partial charge in [0.05, 0.1) is 16.2 Å². The van der Waals surface area contributed by atoms with E-state index in [4.69, 9.17) is 0 Å². The Morgan fingerprint density at radius 2 is 1.95 bits per heavy atom. The number of benzene rings is 1. The van der Waals surface area contributed by atoms with Gasteiger partial charge in [0, 0.05) is 26.2 Å². The van der Waals surface area contributed by atoms with Gasteiger partial charge in [0.2, 0.25) is 0 Å². The van der Waals surface area contributed by atoms with Crippen molar-refractivity contribution in [2.75, 3.05) is 31.9 Å². The van der Waals surface area contributed by atoms with Crippen LogP contribution in [0.15, 0.2) is 23.1 Å². The van der Waals surface area contributed by atoms with Crippen LogP contribution in [0.2, 0.25) is 0 Å². The Morgan fingerprint density at radius 3 is 2.57 bits per heavy atom. The highest BCUT2D eigenvalue weighted by molar-refractivity contribution is 7.91. The van der Waals surface area contributed by atoms with Gasteiger partial charge in [0.25, 0.3) is 5.91 Å². The summed E-state index contributed by atoms with van der Waals surface area (Å²) in [6.07, 6.45) is 0.539. The molecule has 1 heterocycles. The normalized spacial score (nSPS) is 16.0. The highest BCUT2D eigenvalue weighted by atomic mass is 32.2. The number of hydrogen-bond donors (Lipinski definition) is 1. The number of amides is 1. The first-order chi connectivity index (χ1) is 9.95. The number of rotatable bonds is 4. The third-order valence-electron chi connectivity index (χ3n) is 3.58. The van der Waals surface area contributed by atoms with E-state index in [2.05, 4.69) is 5.32 Å². The Kier molecular flexibility index (Phi) is 5.00. The average molecular weight is 310 g/mol. The topological polar surface area (TPSA) is 66.5 Å². The second-order valence-electron chi connectivity index (χ2n) is 5.36. The Bertz CT molecular complexity index is 620. The summed E-state index contributed by atoms with van der Waals surface area (Å²) in [6, 6.07) is 5.00. The van der Waals surface area contributed by atoms with Crippen molar-refractivity contribution in [3.63, 3.8) is 0 Å². The molecule has 0 aliphatic carbocycles. The van der Waals surface area contributed by atoms with E-state index in [-0.39, 0.29) is 16.6 Å². The molecule has 116 valence electrons. The van der Waals surface area contributed by atoms with E-state index in [1.54, 1.807) is 23.1 Å². The number of aryl methyl sites for hydroxylation is 1. The third-order valence-corrected chi connectivity index (χ3v) is 5.55. The van der Waals surface area contributed by atoms with E-state index in [0.29, 0.717) is 25.1 Å². The largest absolute Gasteiger partial charge is 0.336 e. The van der Waals surface area contributed by atoms with Gasteiger partial charge in [-0.15, -0.1) is 0 Å². The summed E-state index contributed by atoms with van der Waals surface area (Å²) in [4.78, 5) is 14.5. The van der Waals surface area contributed by atoms with Gasteiger partial charge in [-0.1, -0.05) is 18.6 Å². The van der Waals surface area contributed by atoms with E-state index >= 15 is 0 Å². The van der Waals surface area contributed by atoms with E-state index in [1.165, 1.54) is 0 Å². The van der Waals surface area contributed by atoms with Crippen LogP contribution in [0.5, 0.6) is 0 Å². The van der Waals surface area contributed by atoms with Crippen LogP contribution in [0, 0.1) is 6.92 Å². The molecular formula is C15H22N2O3S. The van der Waals surface area contributed by atoms with Gasteiger partial charge in [-0.25, -0.2) is 8.42 Å². The predicted molar refractivity (Wildman–Crippen MR) is 82.3 cm³/mol. The third kappa shape index (κ3) is 3.63. The first-order valence-electron chi connectivity index (χ1n) is 7.29. The zero-order valence-corrected chi connectivity index (χ0v) is 13.4. The van der Waals surface area contributed by atoms with E-state index < -0.39 is 9.84 Å². The number of carbonyl (C=O) groups excluding carboxylic acids is 1. The molecule has 6 heteroatoms. The second kappa shape index (κ2) is 6.58. The molecule has 1 aliphatic heterocycles. The first-order valence-corrected chi connectivity index (χ1v) is 8.94. The second-order valence-corrected chi connectivity index (χ2v) is 7.44. The Balaban J connectivity index is 2.41. The molecular weight excluding hydrogens is 288 g/mol. The smallest absolute Gasteiger partial charge is 0.255 e. The van der Waals surface area contributed by atoms with E-state index in [0.717, 1.165) is 18.7 Å². The van der Waals surface area contributed by atoms with Crippen molar-refractivity contribution < 1.29 is 13.2 Å². The maximum absolute atomic E-state index is 12.7. The van der Waals surface area contributed by atoms with Crippen molar-refractivity contribution in [2.24, 2.45) is 0 Å². The van der Waals surface area contributed by atoms with Crippen LogP contribution in [-0.4, -0.2) is 51.2 Å². The Hall–Kier alpha value is -1.40. The minimum Gasteiger partial charge on any atom is -0.336 e. The number of piperazine rings is 1. The van der Waals surface area contributed by atoms with Gasteiger partial charge in [-0.3, -0.25) is 4.79 Å². The lowest BCUT2D eigenvalue weighted by molar-refractivity contribution is 0.0732. The van der Waals surface area contributed by atoms with Gasteiger partial charge in [0.1, 0.15) is 0 Å². The number of sulfone groups is 1. The maximum atomic E-state index is 12.7. The molecule has 1 amide bonds. The van der Waals surface area contributed by atoms with Crippen molar-refractivity contribution >= 4 is 15.7 Å². The van der Waals surface area contributed by atoms with Crippen molar-refractivity contribution in [1.82, 2.24) is 10.2 Å². The predicted octanol–water partition coefficient (Wildman–Crippen LogP) is 1.22. The van der Waals surface area contributed by atoms with Gasteiger partial charge < -0.3 is 10.2 Å². The lowest BCUT2D eigenvalue weighted by Gasteiger charge is -2.28. The fraction of sp³-hybridized carbons (Fsp3) is 0.533. The van der Waals surface area contributed by atoms with Crippen LogP contribution in [-0.2, 0) is 9.84 Å². The Labute approximate surface area is 126 Å². The minimum absolute atomic E-state index is 0.0674. The van der Waals surface area contributed by atoms with Crippen molar-refractivity contribution in [2.45, 2.75) is 25.2 Å². The molecule has 0 unspecified atom stereocenters. The van der Waals surface area contributed by atoms with E-state index in [1.807, 2.05) is 13.8 Å². The van der Waals surface area contributed by atoms with Crippen LogP contribution in [0.1, 0.15) is 29.3 Å². The summed E-state index contributed by atoms with van der Waals surface area (Å²) in [6.45, 7) is 6.40. The summed E-state index contributed by atoms with van der Waals surface area (Å²) < 4.78 is 24.7. The molecule has 1 fully saturated rings. The van der Waals surface area contributed by atoms with Crippen LogP contribution < -0.4 is 5.32 Å². The molecule has 1 N–H and O–H groups in total. The first kappa shape index (κ1) is 16.0. The molecule has 1 aromatic rings. The molecule has 5 nitrogen and oxygen atoms in total. The summed E-state index contributed by atoms with van der Waals surface area (Å²) in [5.74, 6) is -0.118. The molecule has 0 atom stereocenters. The number of nitrogens with one attached hydrogen (secondary N) is 1. The lowest BCUT2D eigenvalue weighted by atomic mass is 10.1. The standard InChI is InChI=1S/C15H22N2O3S/c1-3-10-21(19,20)14-5-4-12(2)11-13(14)15(18)17-8-6-16-7-9-17/h4-5,11,16H,3,6-10H2,1-2H3. The van der Waals surface area contributed by atoms with Gasteiger partial charge in [0.15, 0.2) is 9.84 Å². The maximum Gasteiger partial charge on any atom is 0.255 e. The molecule has 1 saturated heterocycles. The number of carbonyl (C=O) groups is 1. The van der Waals surface area contributed by atoms with Crippen molar-refractivity contribution in [1.29, 1.82) is 0 Å². The van der Waals surface area contributed by atoms with Crippen molar-refractivity contribution in [3.8, 4) is 0 Å². The number of hydrogen-bond acceptors (Lipinski definition) is 4. The molecule has 2 rings (SSSR count). The minimum atomic E-state index is -3.40. The summed E-state index contributed by atoms with van der Waals surface area (Å²) >= 11 is 0. The zero-order valence-electron chi connectivity index (χ0n) is 12.6. The molecule has 0 saturated carbocycles. The molecule has 0 radical (unpaired) electrons. The Morgan fingerprint density at radius 1 is 1.29 bits per heavy atom.